The highest BCUT2D eigenvalue weighted by atomic mass is 16.5. The van der Waals surface area contributed by atoms with Crippen molar-refractivity contribution in [3.05, 3.63) is 71.6 Å². The van der Waals surface area contributed by atoms with Crippen LogP contribution in [0, 0.1) is 11.3 Å². The van der Waals surface area contributed by atoms with E-state index in [9.17, 15) is 5.26 Å². The summed E-state index contributed by atoms with van der Waals surface area (Å²) < 4.78 is 11.6. The normalized spacial score (nSPS) is 17.7. The van der Waals surface area contributed by atoms with Crippen LogP contribution in [0.2, 0.25) is 0 Å². The van der Waals surface area contributed by atoms with Crippen molar-refractivity contribution >= 4 is 0 Å². The number of benzene rings is 2. The molecule has 0 bridgehead atoms. The maximum absolute atomic E-state index is 9.33. The molecular formula is C20H18N4O2. The Kier molecular flexibility index (Phi) is 4.73. The smallest absolute Gasteiger partial charge is 0.247 e. The van der Waals surface area contributed by atoms with E-state index in [0.29, 0.717) is 37.1 Å². The van der Waals surface area contributed by atoms with Gasteiger partial charge in [-0.15, -0.1) is 10.2 Å². The summed E-state index contributed by atoms with van der Waals surface area (Å²) in [4.78, 5) is 2.22. The summed E-state index contributed by atoms with van der Waals surface area (Å²) >= 11 is 0. The molecule has 1 aliphatic rings. The van der Waals surface area contributed by atoms with Crippen molar-refractivity contribution in [1.82, 2.24) is 15.1 Å². The minimum atomic E-state index is -0.125. The highest BCUT2D eigenvalue weighted by Gasteiger charge is 2.30. The average molecular weight is 346 g/mol. The predicted molar refractivity (Wildman–Crippen MR) is 94.9 cm³/mol. The van der Waals surface area contributed by atoms with Crippen LogP contribution >= 0.6 is 0 Å². The van der Waals surface area contributed by atoms with E-state index in [-0.39, 0.29) is 6.04 Å². The Labute approximate surface area is 151 Å². The van der Waals surface area contributed by atoms with Gasteiger partial charge in [0.25, 0.3) is 0 Å². The van der Waals surface area contributed by atoms with Crippen molar-refractivity contribution in [2.24, 2.45) is 0 Å². The Bertz CT molecular complexity index is 917. The van der Waals surface area contributed by atoms with E-state index in [2.05, 4.69) is 21.2 Å². The first kappa shape index (κ1) is 16.5. The van der Waals surface area contributed by atoms with E-state index in [1.807, 2.05) is 54.6 Å². The van der Waals surface area contributed by atoms with E-state index < -0.39 is 0 Å². The number of hydrogen-bond acceptors (Lipinski definition) is 6. The Morgan fingerprint density at radius 1 is 1.08 bits per heavy atom. The fourth-order valence-electron chi connectivity index (χ4n) is 3.11. The second kappa shape index (κ2) is 7.48. The lowest BCUT2D eigenvalue weighted by Gasteiger charge is -2.33. The minimum absolute atomic E-state index is 0.125. The van der Waals surface area contributed by atoms with Gasteiger partial charge in [-0.05, 0) is 23.8 Å². The van der Waals surface area contributed by atoms with Gasteiger partial charge in [0.15, 0.2) is 0 Å². The Hall–Kier alpha value is -3.01. The van der Waals surface area contributed by atoms with Crippen molar-refractivity contribution in [2.75, 3.05) is 19.8 Å². The van der Waals surface area contributed by atoms with Crippen molar-refractivity contribution in [3.63, 3.8) is 0 Å². The maximum Gasteiger partial charge on any atom is 0.247 e. The molecular weight excluding hydrogens is 328 g/mol. The second-order valence-electron chi connectivity index (χ2n) is 6.14. The van der Waals surface area contributed by atoms with Crippen LogP contribution in [0.4, 0.5) is 0 Å². The summed E-state index contributed by atoms with van der Waals surface area (Å²) in [5, 5.41) is 17.8. The second-order valence-corrected chi connectivity index (χ2v) is 6.14. The summed E-state index contributed by atoms with van der Waals surface area (Å²) in [6.45, 7) is 2.52. The lowest BCUT2D eigenvalue weighted by atomic mass is 10.1. The molecule has 0 saturated carbocycles. The summed E-state index contributed by atoms with van der Waals surface area (Å²) in [6.07, 6.45) is 0. The molecule has 0 amide bonds. The van der Waals surface area contributed by atoms with E-state index in [4.69, 9.17) is 9.15 Å². The zero-order valence-electron chi connectivity index (χ0n) is 14.2. The summed E-state index contributed by atoms with van der Waals surface area (Å²) in [7, 11) is 0. The van der Waals surface area contributed by atoms with Crippen LogP contribution in [0.25, 0.3) is 11.5 Å². The predicted octanol–water partition coefficient (Wildman–Crippen LogP) is 3.18. The van der Waals surface area contributed by atoms with Crippen molar-refractivity contribution in [3.8, 4) is 17.5 Å². The van der Waals surface area contributed by atoms with Gasteiger partial charge in [-0.2, -0.15) is 5.26 Å². The topological polar surface area (TPSA) is 75.2 Å². The first-order valence-corrected chi connectivity index (χ1v) is 8.54. The van der Waals surface area contributed by atoms with Gasteiger partial charge in [0.05, 0.1) is 24.8 Å². The molecule has 1 atom stereocenters. The average Bonchev–Trinajstić information content (AvgIpc) is 3.19. The summed E-state index contributed by atoms with van der Waals surface area (Å²) in [5.74, 6) is 1.04. The van der Waals surface area contributed by atoms with Gasteiger partial charge in [-0.1, -0.05) is 36.4 Å². The standard InChI is InChI=1S/C20H18N4O2/c21-12-16-8-4-5-9-17(16)13-24-10-11-25-14-18(24)20-23-22-19(26-20)15-6-2-1-3-7-15/h1-9,18H,10-11,13-14H2. The summed E-state index contributed by atoms with van der Waals surface area (Å²) in [6, 6.07) is 19.5. The molecule has 3 aromatic rings. The molecule has 6 heteroatoms. The molecule has 1 saturated heterocycles. The largest absolute Gasteiger partial charge is 0.419 e. The molecule has 1 aliphatic heterocycles. The molecule has 130 valence electrons. The fourth-order valence-corrected chi connectivity index (χ4v) is 3.11. The number of morpholine rings is 1. The lowest BCUT2D eigenvalue weighted by Crippen LogP contribution is -2.39. The third-order valence-corrected chi connectivity index (χ3v) is 4.50. The van der Waals surface area contributed by atoms with Crippen LogP contribution in [0.15, 0.2) is 59.0 Å². The molecule has 0 radical (unpaired) electrons. The molecule has 6 nitrogen and oxygen atoms in total. The minimum Gasteiger partial charge on any atom is -0.419 e. The Morgan fingerprint density at radius 2 is 1.88 bits per heavy atom. The summed E-state index contributed by atoms with van der Waals surface area (Å²) in [5.41, 5.74) is 2.57. The Balaban J connectivity index is 1.58. The lowest BCUT2D eigenvalue weighted by molar-refractivity contribution is -0.0222. The van der Waals surface area contributed by atoms with Gasteiger partial charge < -0.3 is 9.15 Å². The van der Waals surface area contributed by atoms with Gasteiger partial charge in [-0.3, -0.25) is 4.90 Å². The maximum atomic E-state index is 9.33. The number of rotatable bonds is 4. The molecule has 4 rings (SSSR count). The first-order chi connectivity index (χ1) is 12.8. The van der Waals surface area contributed by atoms with Gasteiger partial charge >= 0.3 is 0 Å². The highest BCUT2D eigenvalue weighted by molar-refractivity contribution is 5.51. The van der Waals surface area contributed by atoms with Gasteiger partial charge in [0.2, 0.25) is 11.8 Å². The third kappa shape index (κ3) is 3.36. The van der Waals surface area contributed by atoms with Crippen molar-refractivity contribution in [1.29, 1.82) is 5.26 Å². The third-order valence-electron chi connectivity index (χ3n) is 4.50. The SMILES string of the molecule is N#Cc1ccccc1CN1CCOCC1c1nnc(-c2ccccc2)o1. The first-order valence-electron chi connectivity index (χ1n) is 8.54. The van der Waals surface area contributed by atoms with Crippen LogP contribution in [0.3, 0.4) is 0 Å². The van der Waals surface area contributed by atoms with Crippen LogP contribution in [-0.2, 0) is 11.3 Å². The molecule has 2 aromatic carbocycles. The van der Waals surface area contributed by atoms with E-state index in [1.165, 1.54) is 0 Å². The number of ether oxygens (including phenoxy) is 1. The van der Waals surface area contributed by atoms with Gasteiger partial charge in [-0.25, -0.2) is 0 Å². The van der Waals surface area contributed by atoms with Crippen molar-refractivity contribution in [2.45, 2.75) is 12.6 Å². The van der Waals surface area contributed by atoms with Crippen LogP contribution in [0.1, 0.15) is 23.1 Å². The highest BCUT2D eigenvalue weighted by Crippen LogP contribution is 2.28. The number of nitrogens with zero attached hydrogens (tertiary/aromatic N) is 4. The quantitative estimate of drug-likeness (QED) is 0.722. The zero-order chi connectivity index (χ0) is 17.8. The van der Waals surface area contributed by atoms with Crippen molar-refractivity contribution < 1.29 is 9.15 Å². The zero-order valence-corrected chi connectivity index (χ0v) is 14.2. The van der Waals surface area contributed by atoms with Crippen LogP contribution in [0.5, 0.6) is 0 Å². The van der Waals surface area contributed by atoms with Gasteiger partial charge in [0.1, 0.15) is 6.04 Å². The van der Waals surface area contributed by atoms with E-state index in [1.54, 1.807) is 0 Å². The number of nitriles is 1. The molecule has 26 heavy (non-hydrogen) atoms. The number of hydrogen-bond donors (Lipinski definition) is 0. The molecule has 0 spiro atoms. The van der Waals surface area contributed by atoms with E-state index >= 15 is 0 Å². The van der Waals surface area contributed by atoms with Gasteiger partial charge in [0, 0.05) is 18.7 Å². The molecule has 2 heterocycles. The van der Waals surface area contributed by atoms with E-state index in [0.717, 1.165) is 17.7 Å². The Morgan fingerprint density at radius 3 is 2.73 bits per heavy atom. The molecule has 1 unspecified atom stereocenters. The number of aromatic nitrogens is 2. The monoisotopic (exact) mass is 346 g/mol. The molecule has 0 aliphatic carbocycles. The van der Waals surface area contributed by atoms with Crippen LogP contribution < -0.4 is 0 Å². The molecule has 1 aromatic heterocycles. The van der Waals surface area contributed by atoms with Crippen LogP contribution in [-0.4, -0.2) is 34.9 Å². The molecule has 1 fully saturated rings. The molecule has 0 N–H and O–H groups in total. The fraction of sp³-hybridized carbons (Fsp3) is 0.250.